The molecule has 174 valence electrons. The Bertz CT molecular complexity index is 1160. The molecule has 0 unspecified atom stereocenters. The molecule has 0 fully saturated rings. The summed E-state index contributed by atoms with van der Waals surface area (Å²) in [7, 11) is 0. The second-order valence-corrected chi connectivity index (χ2v) is 7.73. The van der Waals surface area contributed by atoms with E-state index < -0.39 is 5.91 Å². The molecule has 0 radical (unpaired) electrons. The fourth-order valence-electron chi connectivity index (χ4n) is 3.12. The van der Waals surface area contributed by atoms with Gasteiger partial charge in [-0.3, -0.25) is 4.79 Å². The Kier molecular flexibility index (Phi) is 8.70. The van der Waals surface area contributed by atoms with Gasteiger partial charge in [0.2, 0.25) is 0 Å². The molecule has 0 heterocycles. The van der Waals surface area contributed by atoms with Crippen molar-refractivity contribution in [1.82, 2.24) is 0 Å². The molecule has 3 aromatic carbocycles. The lowest BCUT2D eigenvalue weighted by Gasteiger charge is -2.15. The molecule has 3 aromatic rings. The van der Waals surface area contributed by atoms with Gasteiger partial charge in [-0.15, -0.1) is 0 Å². The highest BCUT2D eigenvalue weighted by atomic mass is 16.5. The predicted molar refractivity (Wildman–Crippen MR) is 133 cm³/mol. The average molecular weight is 457 g/mol. The molecule has 0 atom stereocenters. The number of rotatable bonds is 10. The van der Waals surface area contributed by atoms with E-state index in [1.54, 1.807) is 42.5 Å². The van der Waals surface area contributed by atoms with Crippen molar-refractivity contribution < 1.29 is 19.0 Å². The summed E-state index contributed by atoms with van der Waals surface area (Å²) in [6.45, 7) is 6.68. The minimum atomic E-state index is -0.499. The monoisotopic (exact) mass is 456 g/mol. The zero-order valence-corrected chi connectivity index (χ0v) is 19.6. The van der Waals surface area contributed by atoms with Gasteiger partial charge in [0, 0.05) is 5.69 Å². The predicted octanol–water partition coefficient (Wildman–Crippen LogP) is 6.00. The van der Waals surface area contributed by atoms with Crippen LogP contribution in [0.3, 0.4) is 0 Å². The van der Waals surface area contributed by atoms with Crippen LogP contribution in [0.1, 0.15) is 31.9 Å². The first kappa shape index (κ1) is 24.4. The largest absolute Gasteiger partial charge is 0.490 e. The van der Waals surface area contributed by atoms with Crippen molar-refractivity contribution in [3.05, 3.63) is 89.5 Å². The first-order valence-electron chi connectivity index (χ1n) is 11.1. The van der Waals surface area contributed by atoms with Gasteiger partial charge in [0.25, 0.3) is 5.91 Å². The second kappa shape index (κ2) is 12.1. The lowest BCUT2D eigenvalue weighted by molar-refractivity contribution is -0.112. The molecule has 0 aliphatic rings. The number of anilines is 1. The number of nitriles is 1. The third-order valence-electron chi connectivity index (χ3n) is 4.67. The maximum atomic E-state index is 12.7. The fraction of sp³-hybridized carbons (Fsp3) is 0.214. The Hall–Kier alpha value is -4.24. The zero-order valence-electron chi connectivity index (χ0n) is 19.6. The van der Waals surface area contributed by atoms with Crippen LogP contribution in [0.25, 0.3) is 6.08 Å². The van der Waals surface area contributed by atoms with Crippen LogP contribution < -0.4 is 19.5 Å². The SMILES string of the molecule is CCOc1cc(/C=C(\C#N)C(=O)Nc2ccc(OCc3ccccc3)cc2)ccc1OC(C)C. The van der Waals surface area contributed by atoms with E-state index in [9.17, 15) is 10.1 Å². The van der Waals surface area contributed by atoms with E-state index in [4.69, 9.17) is 14.2 Å². The summed E-state index contributed by atoms with van der Waals surface area (Å²) in [6.07, 6.45) is 1.52. The van der Waals surface area contributed by atoms with E-state index in [2.05, 4.69) is 5.32 Å². The van der Waals surface area contributed by atoms with Gasteiger partial charge in [-0.1, -0.05) is 36.4 Å². The number of ether oxygens (including phenoxy) is 3. The van der Waals surface area contributed by atoms with Crippen LogP contribution in [0.2, 0.25) is 0 Å². The number of carbonyl (C=O) groups excluding carboxylic acids is 1. The highest BCUT2D eigenvalue weighted by molar-refractivity contribution is 6.09. The van der Waals surface area contributed by atoms with Crippen LogP contribution in [0.5, 0.6) is 17.2 Å². The Morgan fingerprint density at radius 1 is 1.00 bits per heavy atom. The van der Waals surface area contributed by atoms with Crippen molar-refractivity contribution in [3.63, 3.8) is 0 Å². The summed E-state index contributed by atoms with van der Waals surface area (Å²) in [5.41, 5.74) is 2.27. The molecular formula is C28H28N2O4. The number of carbonyl (C=O) groups is 1. The molecule has 34 heavy (non-hydrogen) atoms. The van der Waals surface area contributed by atoms with Gasteiger partial charge in [-0.05, 0) is 74.4 Å². The molecule has 0 bridgehead atoms. The molecule has 1 N–H and O–H groups in total. The third kappa shape index (κ3) is 7.14. The average Bonchev–Trinajstić information content (AvgIpc) is 2.84. The molecule has 0 spiro atoms. The summed E-state index contributed by atoms with van der Waals surface area (Å²) in [5, 5.41) is 12.3. The lowest BCUT2D eigenvalue weighted by atomic mass is 10.1. The molecule has 3 rings (SSSR count). The van der Waals surface area contributed by atoms with Gasteiger partial charge in [-0.2, -0.15) is 5.26 Å². The molecule has 1 amide bonds. The van der Waals surface area contributed by atoms with E-state index in [0.717, 1.165) is 5.56 Å². The Morgan fingerprint density at radius 2 is 1.74 bits per heavy atom. The first-order chi connectivity index (χ1) is 16.5. The molecule has 0 aliphatic heterocycles. The fourth-order valence-corrected chi connectivity index (χ4v) is 3.12. The van der Waals surface area contributed by atoms with E-state index in [0.29, 0.717) is 41.7 Å². The Labute approximate surface area is 200 Å². The number of nitrogens with zero attached hydrogens (tertiary/aromatic N) is 1. The topological polar surface area (TPSA) is 80.6 Å². The highest BCUT2D eigenvalue weighted by Gasteiger charge is 2.12. The van der Waals surface area contributed by atoms with Gasteiger partial charge < -0.3 is 19.5 Å². The first-order valence-corrected chi connectivity index (χ1v) is 11.1. The van der Waals surface area contributed by atoms with Gasteiger partial charge in [0.05, 0.1) is 12.7 Å². The second-order valence-electron chi connectivity index (χ2n) is 7.73. The number of benzene rings is 3. The number of nitrogens with one attached hydrogen (secondary N) is 1. The van der Waals surface area contributed by atoms with Crippen molar-refractivity contribution in [2.45, 2.75) is 33.5 Å². The Balaban J connectivity index is 1.67. The van der Waals surface area contributed by atoms with Gasteiger partial charge in [-0.25, -0.2) is 0 Å². The Morgan fingerprint density at radius 3 is 2.38 bits per heavy atom. The third-order valence-corrected chi connectivity index (χ3v) is 4.67. The van der Waals surface area contributed by atoms with Crippen LogP contribution in [-0.4, -0.2) is 18.6 Å². The van der Waals surface area contributed by atoms with E-state index in [1.165, 1.54) is 6.08 Å². The van der Waals surface area contributed by atoms with Crippen LogP contribution in [0.4, 0.5) is 5.69 Å². The highest BCUT2D eigenvalue weighted by Crippen LogP contribution is 2.30. The van der Waals surface area contributed by atoms with Crippen molar-refractivity contribution in [2.75, 3.05) is 11.9 Å². The van der Waals surface area contributed by atoms with Crippen molar-refractivity contribution in [3.8, 4) is 23.3 Å². The molecule has 0 saturated heterocycles. The number of hydrogen-bond acceptors (Lipinski definition) is 5. The van der Waals surface area contributed by atoms with Crippen molar-refractivity contribution in [1.29, 1.82) is 5.26 Å². The van der Waals surface area contributed by atoms with Crippen LogP contribution in [0, 0.1) is 11.3 Å². The minimum absolute atomic E-state index is 0.00354. The van der Waals surface area contributed by atoms with Crippen LogP contribution >= 0.6 is 0 Å². The molecule has 0 saturated carbocycles. The summed E-state index contributed by atoms with van der Waals surface area (Å²) < 4.78 is 17.2. The zero-order chi connectivity index (χ0) is 24.3. The number of hydrogen-bond donors (Lipinski definition) is 1. The van der Waals surface area contributed by atoms with Gasteiger partial charge in [0.15, 0.2) is 11.5 Å². The quantitative estimate of drug-likeness (QED) is 0.299. The normalized spacial score (nSPS) is 11.0. The van der Waals surface area contributed by atoms with Crippen LogP contribution in [0.15, 0.2) is 78.4 Å². The molecule has 6 nitrogen and oxygen atoms in total. The molecule has 0 aliphatic carbocycles. The minimum Gasteiger partial charge on any atom is -0.490 e. The van der Waals surface area contributed by atoms with E-state index in [1.807, 2.05) is 57.2 Å². The molecule has 6 heteroatoms. The van der Waals surface area contributed by atoms with Crippen molar-refractivity contribution >= 4 is 17.7 Å². The lowest BCUT2D eigenvalue weighted by Crippen LogP contribution is -2.13. The van der Waals surface area contributed by atoms with Gasteiger partial charge in [0.1, 0.15) is 24.0 Å². The molecule has 0 aromatic heterocycles. The standard InChI is InChI=1S/C28H28N2O4/c1-4-32-27-17-22(10-15-26(27)34-20(2)3)16-23(18-29)28(31)30-24-11-13-25(14-12-24)33-19-21-8-6-5-7-9-21/h5-17,20H,4,19H2,1-3H3,(H,30,31)/b23-16+. The van der Waals surface area contributed by atoms with Crippen molar-refractivity contribution in [2.24, 2.45) is 0 Å². The van der Waals surface area contributed by atoms with E-state index in [-0.39, 0.29) is 11.7 Å². The van der Waals surface area contributed by atoms with Crippen LogP contribution in [-0.2, 0) is 11.4 Å². The van der Waals surface area contributed by atoms with E-state index >= 15 is 0 Å². The molecular weight excluding hydrogens is 428 g/mol. The summed E-state index contributed by atoms with van der Waals surface area (Å²) in [4.78, 5) is 12.7. The number of amides is 1. The smallest absolute Gasteiger partial charge is 0.266 e. The van der Waals surface area contributed by atoms with Gasteiger partial charge >= 0.3 is 0 Å². The maximum Gasteiger partial charge on any atom is 0.266 e. The summed E-state index contributed by atoms with van der Waals surface area (Å²) in [6, 6.07) is 24.2. The summed E-state index contributed by atoms with van der Waals surface area (Å²) >= 11 is 0. The summed E-state index contributed by atoms with van der Waals surface area (Å²) in [5.74, 6) is 1.37. The maximum absolute atomic E-state index is 12.7.